The lowest BCUT2D eigenvalue weighted by Crippen LogP contribution is -2.09. The van der Waals surface area contributed by atoms with Crippen LogP contribution in [0.2, 0.25) is 0 Å². The predicted molar refractivity (Wildman–Crippen MR) is 84.0 cm³/mol. The summed E-state index contributed by atoms with van der Waals surface area (Å²) in [5, 5.41) is 3.45. The van der Waals surface area contributed by atoms with Gasteiger partial charge in [-0.3, -0.25) is 0 Å². The summed E-state index contributed by atoms with van der Waals surface area (Å²) in [7, 11) is 1.68. The maximum Gasteiger partial charge on any atom is 0.122 e. The number of hydrogen-bond donors (Lipinski definition) is 1. The first-order valence-corrected chi connectivity index (χ1v) is 7.11. The SMILES string of the molecule is COc1cc(Br)cc(NCC(C)c2ccccc2)c1. The van der Waals surface area contributed by atoms with Crippen molar-refractivity contribution in [2.45, 2.75) is 12.8 Å². The van der Waals surface area contributed by atoms with Crippen molar-refractivity contribution in [2.24, 2.45) is 0 Å². The van der Waals surface area contributed by atoms with Crippen LogP contribution in [-0.4, -0.2) is 13.7 Å². The van der Waals surface area contributed by atoms with Crippen molar-refractivity contribution in [3.05, 3.63) is 58.6 Å². The monoisotopic (exact) mass is 319 g/mol. The molecule has 1 N–H and O–H groups in total. The lowest BCUT2D eigenvalue weighted by molar-refractivity contribution is 0.414. The summed E-state index contributed by atoms with van der Waals surface area (Å²) in [5.74, 6) is 1.32. The Morgan fingerprint density at radius 2 is 1.89 bits per heavy atom. The maximum atomic E-state index is 5.26. The molecule has 2 rings (SSSR count). The standard InChI is InChI=1S/C16H18BrNO/c1-12(13-6-4-3-5-7-13)11-18-15-8-14(17)9-16(10-15)19-2/h3-10,12,18H,11H2,1-2H3. The van der Waals surface area contributed by atoms with Gasteiger partial charge in [0.25, 0.3) is 0 Å². The molecule has 0 saturated carbocycles. The molecule has 2 aromatic carbocycles. The molecule has 0 saturated heterocycles. The van der Waals surface area contributed by atoms with E-state index >= 15 is 0 Å². The molecule has 0 amide bonds. The Balaban J connectivity index is 2.01. The molecule has 0 spiro atoms. The molecule has 100 valence electrons. The van der Waals surface area contributed by atoms with Gasteiger partial charge in [-0.2, -0.15) is 0 Å². The third kappa shape index (κ3) is 4.00. The van der Waals surface area contributed by atoms with Gasteiger partial charge in [-0.1, -0.05) is 53.2 Å². The molecule has 1 unspecified atom stereocenters. The van der Waals surface area contributed by atoms with Crippen molar-refractivity contribution in [1.82, 2.24) is 0 Å². The van der Waals surface area contributed by atoms with Gasteiger partial charge >= 0.3 is 0 Å². The van der Waals surface area contributed by atoms with E-state index in [9.17, 15) is 0 Å². The highest BCUT2D eigenvalue weighted by molar-refractivity contribution is 9.10. The van der Waals surface area contributed by atoms with E-state index in [1.807, 2.05) is 18.2 Å². The number of rotatable bonds is 5. The number of nitrogens with one attached hydrogen (secondary N) is 1. The molecule has 1 atom stereocenters. The lowest BCUT2D eigenvalue weighted by atomic mass is 10.0. The fraction of sp³-hybridized carbons (Fsp3) is 0.250. The summed E-state index contributed by atoms with van der Waals surface area (Å²) in [6, 6.07) is 16.5. The smallest absolute Gasteiger partial charge is 0.122 e. The average Bonchev–Trinajstić information content (AvgIpc) is 2.45. The van der Waals surface area contributed by atoms with Gasteiger partial charge in [0.15, 0.2) is 0 Å². The Morgan fingerprint density at radius 3 is 2.58 bits per heavy atom. The van der Waals surface area contributed by atoms with Crippen LogP contribution in [-0.2, 0) is 0 Å². The van der Waals surface area contributed by atoms with Crippen molar-refractivity contribution in [3.63, 3.8) is 0 Å². The first-order valence-electron chi connectivity index (χ1n) is 6.32. The highest BCUT2D eigenvalue weighted by Gasteiger charge is 2.05. The van der Waals surface area contributed by atoms with Crippen LogP contribution in [0, 0.1) is 0 Å². The first kappa shape index (κ1) is 13.9. The van der Waals surface area contributed by atoms with E-state index in [0.29, 0.717) is 5.92 Å². The minimum Gasteiger partial charge on any atom is -0.497 e. The number of ether oxygens (including phenoxy) is 1. The topological polar surface area (TPSA) is 21.3 Å². The van der Waals surface area contributed by atoms with E-state index < -0.39 is 0 Å². The molecule has 0 heterocycles. The van der Waals surface area contributed by atoms with E-state index in [1.54, 1.807) is 7.11 Å². The van der Waals surface area contributed by atoms with Crippen molar-refractivity contribution in [3.8, 4) is 5.75 Å². The lowest BCUT2D eigenvalue weighted by Gasteiger charge is -2.15. The fourth-order valence-electron chi connectivity index (χ4n) is 1.95. The quantitative estimate of drug-likeness (QED) is 0.864. The molecule has 0 bridgehead atoms. The number of hydrogen-bond acceptors (Lipinski definition) is 2. The Hall–Kier alpha value is -1.48. The minimum atomic E-state index is 0.464. The maximum absolute atomic E-state index is 5.26. The number of methoxy groups -OCH3 is 1. The summed E-state index contributed by atoms with van der Waals surface area (Å²) in [6.45, 7) is 3.11. The van der Waals surface area contributed by atoms with E-state index in [-0.39, 0.29) is 0 Å². The van der Waals surface area contributed by atoms with E-state index in [0.717, 1.165) is 22.5 Å². The Labute approximate surface area is 122 Å². The first-order chi connectivity index (χ1) is 9.19. The largest absolute Gasteiger partial charge is 0.497 e. The van der Waals surface area contributed by atoms with Crippen molar-refractivity contribution >= 4 is 21.6 Å². The highest BCUT2D eigenvalue weighted by atomic mass is 79.9. The summed E-state index contributed by atoms with van der Waals surface area (Å²) in [6.07, 6.45) is 0. The van der Waals surface area contributed by atoms with E-state index in [2.05, 4.69) is 58.5 Å². The summed E-state index contributed by atoms with van der Waals surface area (Å²) < 4.78 is 6.27. The van der Waals surface area contributed by atoms with E-state index in [4.69, 9.17) is 4.74 Å². The molecule has 0 aromatic heterocycles. The van der Waals surface area contributed by atoms with Gasteiger partial charge in [0, 0.05) is 22.8 Å². The highest BCUT2D eigenvalue weighted by Crippen LogP contribution is 2.25. The zero-order chi connectivity index (χ0) is 13.7. The molecule has 2 nitrogen and oxygen atoms in total. The van der Waals surface area contributed by atoms with Gasteiger partial charge in [0.2, 0.25) is 0 Å². The molecule has 3 heteroatoms. The van der Waals surface area contributed by atoms with Crippen LogP contribution in [0.1, 0.15) is 18.4 Å². The van der Waals surface area contributed by atoms with Crippen LogP contribution in [0.3, 0.4) is 0 Å². The molecule has 19 heavy (non-hydrogen) atoms. The van der Waals surface area contributed by atoms with Crippen LogP contribution >= 0.6 is 15.9 Å². The average molecular weight is 320 g/mol. The number of anilines is 1. The minimum absolute atomic E-state index is 0.464. The number of benzene rings is 2. The normalized spacial score (nSPS) is 11.9. The van der Waals surface area contributed by atoms with Crippen LogP contribution < -0.4 is 10.1 Å². The Kier molecular flexibility index (Phi) is 4.86. The molecular formula is C16H18BrNO. The van der Waals surface area contributed by atoms with Gasteiger partial charge in [-0.05, 0) is 23.6 Å². The van der Waals surface area contributed by atoms with Crippen molar-refractivity contribution in [2.75, 3.05) is 19.0 Å². The van der Waals surface area contributed by atoms with Gasteiger partial charge < -0.3 is 10.1 Å². The van der Waals surface area contributed by atoms with Gasteiger partial charge in [-0.15, -0.1) is 0 Å². The third-order valence-electron chi connectivity index (χ3n) is 3.09. The molecule has 0 aliphatic heterocycles. The van der Waals surface area contributed by atoms with Crippen molar-refractivity contribution < 1.29 is 4.74 Å². The fourth-order valence-corrected chi connectivity index (χ4v) is 2.43. The molecule has 2 aromatic rings. The van der Waals surface area contributed by atoms with Gasteiger partial charge in [0.05, 0.1) is 7.11 Å². The van der Waals surface area contributed by atoms with Crippen LogP contribution in [0.5, 0.6) is 5.75 Å². The molecule has 0 fully saturated rings. The summed E-state index contributed by atoms with van der Waals surface area (Å²) in [5.41, 5.74) is 2.41. The van der Waals surface area contributed by atoms with Crippen LogP contribution in [0.25, 0.3) is 0 Å². The molecule has 0 aliphatic rings. The zero-order valence-electron chi connectivity index (χ0n) is 11.2. The summed E-state index contributed by atoms with van der Waals surface area (Å²) in [4.78, 5) is 0. The second-order valence-corrected chi connectivity index (χ2v) is 5.49. The predicted octanol–water partition coefficient (Wildman–Crippen LogP) is 4.67. The number of halogens is 1. The van der Waals surface area contributed by atoms with Crippen LogP contribution in [0.4, 0.5) is 5.69 Å². The second kappa shape index (κ2) is 6.62. The van der Waals surface area contributed by atoms with Crippen LogP contribution in [0.15, 0.2) is 53.0 Å². The second-order valence-electron chi connectivity index (χ2n) is 4.57. The van der Waals surface area contributed by atoms with Gasteiger partial charge in [0.1, 0.15) is 5.75 Å². The molecular weight excluding hydrogens is 302 g/mol. The third-order valence-corrected chi connectivity index (χ3v) is 3.55. The molecule has 0 radical (unpaired) electrons. The van der Waals surface area contributed by atoms with E-state index in [1.165, 1.54) is 5.56 Å². The Bertz CT molecular complexity index is 528. The van der Waals surface area contributed by atoms with Crippen molar-refractivity contribution in [1.29, 1.82) is 0 Å². The molecule has 0 aliphatic carbocycles. The van der Waals surface area contributed by atoms with Gasteiger partial charge in [-0.25, -0.2) is 0 Å². The summed E-state index contributed by atoms with van der Waals surface area (Å²) >= 11 is 3.49. The zero-order valence-corrected chi connectivity index (χ0v) is 12.8. The Morgan fingerprint density at radius 1 is 1.16 bits per heavy atom.